The van der Waals surface area contributed by atoms with Crippen LogP contribution in [0.5, 0.6) is 0 Å². The van der Waals surface area contributed by atoms with Crippen molar-refractivity contribution in [3.05, 3.63) is 36.5 Å². The van der Waals surface area contributed by atoms with Gasteiger partial charge in [-0.1, -0.05) is 17.3 Å². The topological polar surface area (TPSA) is 68.0 Å². The number of anilines is 1. The van der Waals surface area contributed by atoms with Crippen LogP contribution in [0.2, 0.25) is 0 Å². The second kappa shape index (κ2) is 5.49. The molecule has 0 saturated heterocycles. The number of carbonyl (C=O) groups is 1. The lowest BCUT2D eigenvalue weighted by atomic mass is 10.3. The normalized spacial score (nSPS) is 10.2. The molecule has 1 heterocycles. The summed E-state index contributed by atoms with van der Waals surface area (Å²) in [5.41, 5.74) is 0.800. The van der Waals surface area contributed by atoms with Crippen LogP contribution in [-0.4, -0.2) is 16.0 Å². The second-order valence-corrected chi connectivity index (χ2v) is 4.33. The highest BCUT2D eigenvalue weighted by Gasteiger charge is 2.06. The van der Waals surface area contributed by atoms with Gasteiger partial charge < -0.3 is 9.84 Å². The number of carbonyl (C=O) groups excluding carboxylic acids is 1. The van der Waals surface area contributed by atoms with Gasteiger partial charge in [0.15, 0.2) is 5.82 Å². The van der Waals surface area contributed by atoms with Gasteiger partial charge in [-0.3, -0.25) is 4.79 Å². The summed E-state index contributed by atoms with van der Waals surface area (Å²) in [6, 6.07) is 7.60. The molecule has 0 saturated carbocycles. The first-order valence-electron chi connectivity index (χ1n) is 5.00. The SMILES string of the molecule is CC(=O)Nc1ccccc1SCc1ncon1. The molecule has 2 rings (SSSR count). The minimum Gasteiger partial charge on any atom is -0.343 e. The summed E-state index contributed by atoms with van der Waals surface area (Å²) >= 11 is 1.55. The number of rotatable bonds is 4. The Morgan fingerprint density at radius 3 is 3.00 bits per heavy atom. The number of nitrogens with one attached hydrogen (secondary N) is 1. The lowest BCUT2D eigenvalue weighted by Crippen LogP contribution is -2.06. The number of thioether (sulfide) groups is 1. The smallest absolute Gasteiger partial charge is 0.221 e. The highest BCUT2D eigenvalue weighted by molar-refractivity contribution is 7.98. The largest absolute Gasteiger partial charge is 0.343 e. The van der Waals surface area contributed by atoms with Crippen LogP contribution in [0.3, 0.4) is 0 Å². The van der Waals surface area contributed by atoms with Crippen molar-refractivity contribution in [2.24, 2.45) is 0 Å². The lowest BCUT2D eigenvalue weighted by molar-refractivity contribution is -0.114. The average molecular weight is 249 g/mol. The Kier molecular flexibility index (Phi) is 3.77. The fourth-order valence-corrected chi connectivity index (χ4v) is 2.14. The van der Waals surface area contributed by atoms with E-state index >= 15 is 0 Å². The minimum atomic E-state index is -0.0855. The zero-order valence-corrected chi connectivity index (χ0v) is 10.0. The van der Waals surface area contributed by atoms with Gasteiger partial charge in [-0.2, -0.15) is 4.98 Å². The van der Waals surface area contributed by atoms with Crippen LogP contribution in [-0.2, 0) is 10.5 Å². The van der Waals surface area contributed by atoms with Gasteiger partial charge in [0.25, 0.3) is 0 Å². The molecule has 0 bridgehead atoms. The van der Waals surface area contributed by atoms with E-state index in [2.05, 4.69) is 20.0 Å². The molecule has 0 spiro atoms. The number of hydrogen-bond acceptors (Lipinski definition) is 5. The molecule has 17 heavy (non-hydrogen) atoms. The molecule has 0 aliphatic rings. The predicted molar refractivity (Wildman–Crippen MR) is 64.6 cm³/mol. The van der Waals surface area contributed by atoms with Gasteiger partial charge >= 0.3 is 0 Å². The van der Waals surface area contributed by atoms with Gasteiger partial charge in [0.2, 0.25) is 12.3 Å². The molecule has 0 unspecified atom stereocenters. The molecule has 0 atom stereocenters. The van der Waals surface area contributed by atoms with Crippen molar-refractivity contribution in [3.63, 3.8) is 0 Å². The molecule has 0 aliphatic heterocycles. The van der Waals surface area contributed by atoms with Crippen molar-refractivity contribution in [1.82, 2.24) is 10.1 Å². The van der Waals surface area contributed by atoms with Crippen molar-refractivity contribution in [2.75, 3.05) is 5.32 Å². The summed E-state index contributed by atoms with van der Waals surface area (Å²) in [7, 11) is 0. The van der Waals surface area contributed by atoms with Crippen LogP contribution in [0.15, 0.2) is 40.1 Å². The number of para-hydroxylation sites is 1. The monoisotopic (exact) mass is 249 g/mol. The van der Waals surface area contributed by atoms with E-state index in [-0.39, 0.29) is 5.91 Å². The third-order valence-electron chi connectivity index (χ3n) is 1.96. The number of amides is 1. The maximum absolute atomic E-state index is 11.0. The zero-order chi connectivity index (χ0) is 12.1. The Labute approximate surface area is 103 Å². The van der Waals surface area contributed by atoms with Crippen LogP contribution in [0.25, 0.3) is 0 Å². The van der Waals surface area contributed by atoms with Gasteiger partial charge in [-0.15, -0.1) is 11.8 Å². The minimum absolute atomic E-state index is 0.0855. The first kappa shape index (κ1) is 11.7. The molecular weight excluding hydrogens is 238 g/mol. The Hall–Kier alpha value is -1.82. The Bertz CT molecular complexity index is 499. The molecule has 1 aromatic heterocycles. The van der Waals surface area contributed by atoms with Gasteiger partial charge in [0, 0.05) is 11.8 Å². The fraction of sp³-hybridized carbons (Fsp3) is 0.182. The summed E-state index contributed by atoms with van der Waals surface area (Å²) in [5.74, 6) is 1.15. The first-order chi connectivity index (χ1) is 8.25. The molecule has 6 heteroatoms. The highest BCUT2D eigenvalue weighted by Crippen LogP contribution is 2.28. The fourth-order valence-electron chi connectivity index (χ4n) is 1.28. The zero-order valence-electron chi connectivity index (χ0n) is 9.21. The predicted octanol–water partition coefficient (Wildman–Crippen LogP) is 2.32. The van der Waals surface area contributed by atoms with Gasteiger partial charge in [0.05, 0.1) is 11.4 Å². The Morgan fingerprint density at radius 1 is 1.47 bits per heavy atom. The Balaban J connectivity index is 2.06. The third kappa shape index (κ3) is 3.32. The first-order valence-corrected chi connectivity index (χ1v) is 5.99. The van der Waals surface area contributed by atoms with E-state index < -0.39 is 0 Å². The van der Waals surface area contributed by atoms with Crippen LogP contribution in [0.1, 0.15) is 12.7 Å². The van der Waals surface area contributed by atoms with Crippen LogP contribution < -0.4 is 5.32 Å². The molecule has 1 amide bonds. The Morgan fingerprint density at radius 2 is 2.29 bits per heavy atom. The van der Waals surface area contributed by atoms with Gasteiger partial charge in [-0.25, -0.2) is 0 Å². The summed E-state index contributed by atoms with van der Waals surface area (Å²) in [5, 5.41) is 6.51. The van der Waals surface area contributed by atoms with Crippen LogP contribution in [0.4, 0.5) is 5.69 Å². The molecular formula is C11H11N3O2S. The molecule has 5 nitrogen and oxygen atoms in total. The molecule has 1 N–H and O–H groups in total. The van der Waals surface area contributed by atoms with Crippen LogP contribution in [0, 0.1) is 0 Å². The number of aromatic nitrogens is 2. The lowest BCUT2D eigenvalue weighted by Gasteiger charge is -2.07. The molecule has 1 aromatic carbocycles. The maximum Gasteiger partial charge on any atom is 0.221 e. The van der Waals surface area contributed by atoms with E-state index in [1.807, 2.05) is 24.3 Å². The summed E-state index contributed by atoms with van der Waals surface area (Å²) in [6.45, 7) is 1.49. The van der Waals surface area contributed by atoms with Crippen molar-refractivity contribution in [2.45, 2.75) is 17.6 Å². The van der Waals surface area contributed by atoms with Crippen molar-refractivity contribution < 1.29 is 9.32 Å². The molecule has 0 radical (unpaired) electrons. The average Bonchev–Trinajstić information content (AvgIpc) is 2.80. The standard InChI is InChI=1S/C11H11N3O2S/c1-8(15)13-9-4-2-3-5-10(9)17-6-11-12-7-16-14-11/h2-5,7H,6H2,1H3,(H,13,15). The van der Waals surface area contributed by atoms with Gasteiger partial charge in [-0.05, 0) is 12.1 Å². The second-order valence-electron chi connectivity index (χ2n) is 3.31. The third-order valence-corrected chi connectivity index (χ3v) is 3.03. The molecule has 2 aromatic rings. The van der Waals surface area contributed by atoms with E-state index in [9.17, 15) is 4.79 Å². The highest BCUT2D eigenvalue weighted by atomic mass is 32.2. The van der Waals surface area contributed by atoms with Crippen molar-refractivity contribution >= 4 is 23.4 Å². The maximum atomic E-state index is 11.0. The summed E-state index contributed by atoms with van der Waals surface area (Å²) in [6.07, 6.45) is 1.30. The molecule has 0 fully saturated rings. The molecule has 88 valence electrons. The van der Waals surface area contributed by atoms with E-state index in [0.29, 0.717) is 11.6 Å². The van der Waals surface area contributed by atoms with E-state index in [1.54, 1.807) is 11.8 Å². The van der Waals surface area contributed by atoms with E-state index in [0.717, 1.165) is 10.6 Å². The van der Waals surface area contributed by atoms with E-state index in [1.165, 1.54) is 13.3 Å². The number of nitrogens with zero attached hydrogens (tertiary/aromatic N) is 2. The summed E-state index contributed by atoms with van der Waals surface area (Å²) in [4.78, 5) is 16.0. The summed E-state index contributed by atoms with van der Waals surface area (Å²) < 4.78 is 4.65. The molecule has 0 aliphatic carbocycles. The van der Waals surface area contributed by atoms with Crippen LogP contribution >= 0.6 is 11.8 Å². The number of benzene rings is 1. The van der Waals surface area contributed by atoms with E-state index in [4.69, 9.17) is 0 Å². The van der Waals surface area contributed by atoms with Crippen molar-refractivity contribution in [3.8, 4) is 0 Å². The van der Waals surface area contributed by atoms with Gasteiger partial charge in [0.1, 0.15) is 0 Å². The quantitative estimate of drug-likeness (QED) is 0.842. The van der Waals surface area contributed by atoms with Crippen molar-refractivity contribution in [1.29, 1.82) is 0 Å². The number of hydrogen-bond donors (Lipinski definition) is 1.